The van der Waals surface area contributed by atoms with Crippen LogP contribution in [0, 0.1) is 0 Å². The molecule has 0 unspecified atom stereocenters. The number of nitrogens with two attached hydrogens (primary N) is 2. The molecule has 0 atom stereocenters. The Hall–Kier alpha value is -5.18. The largest absolute Gasteiger partial charge is 0.494 e. The summed E-state index contributed by atoms with van der Waals surface area (Å²) in [5, 5.41) is 5.61. The molecule has 2 amide bonds. The molecule has 188 valence electrons. The van der Waals surface area contributed by atoms with Crippen LogP contribution in [-0.4, -0.2) is 26.0 Å². The van der Waals surface area contributed by atoms with Crippen molar-refractivity contribution in [2.75, 3.05) is 36.3 Å². The first-order valence-electron chi connectivity index (χ1n) is 11.2. The number of hydrogen-bond acceptors (Lipinski definition) is 7. The number of nitrogens with one attached hydrogen (secondary N) is 2. The lowest BCUT2D eigenvalue weighted by Gasteiger charge is -2.12. The normalized spacial score (nSPS) is 10.3. The van der Waals surface area contributed by atoms with Crippen molar-refractivity contribution in [3.05, 3.63) is 96.1 Å². The summed E-state index contributed by atoms with van der Waals surface area (Å²) in [6, 6.07) is 23.3. The highest BCUT2D eigenvalue weighted by molar-refractivity contribution is 6.06. The second-order valence-electron chi connectivity index (χ2n) is 7.98. The summed E-state index contributed by atoms with van der Waals surface area (Å²) >= 11 is 0. The number of hydrogen-bond donors (Lipinski definition) is 4. The Labute approximate surface area is 214 Å². The molecule has 4 aromatic carbocycles. The standard InChI is InChI=1S/C28H26N4O5/c1-35-25-15-19(29)7-13-23(25)31-27(33)17-3-9-21(10-4-17)37-22-11-5-18(6-12-22)28(34)32-24-14-8-20(30)16-26(24)36-2/h3-16H,29-30H2,1-2H3,(H,31,33)(H,32,34). The second kappa shape index (κ2) is 11.0. The van der Waals surface area contributed by atoms with Crippen molar-refractivity contribution in [2.45, 2.75) is 0 Å². The number of benzene rings is 4. The Balaban J connectivity index is 1.37. The second-order valence-corrected chi connectivity index (χ2v) is 7.98. The van der Waals surface area contributed by atoms with E-state index >= 15 is 0 Å². The summed E-state index contributed by atoms with van der Waals surface area (Å²) in [7, 11) is 3.01. The number of rotatable bonds is 8. The van der Waals surface area contributed by atoms with Gasteiger partial charge in [0.2, 0.25) is 0 Å². The van der Waals surface area contributed by atoms with Crippen molar-refractivity contribution in [2.24, 2.45) is 0 Å². The first-order chi connectivity index (χ1) is 17.9. The fourth-order valence-electron chi connectivity index (χ4n) is 3.50. The van der Waals surface area contributed by atoms with Gasteiger partial charge in [0.25, 0.3) is 11.8 Å². The maximum absolute atomic E-state index is 12.6. The number of methoxy groups -OCH3 is 2. The summed E-state index contributed by atoms with van der Waals surface area (Å²) < 4.78 is 16.4. The van der Waals surface area contributed by atoms with Gasteiger partial charge >= 0.3 is 0 Å². The molecule has 0 spiro atoms. The van der Waals surface area contributed by atoms with Gasteiger partial charge < -0.3 is 36.3 Å². The minimum atomic E-state index is -0.303. The summed E-state index contributed by atoms with van der Waals surface area (Å²) in [5.41, 5.74) is 14.5. The van der Waals surface area contributed by atoms with Crippen molar-refractivity contribution in [1.82, 2.24) is 0 Å². The minimum absolute atomic E-state index is 0.303. The van der Waals surface area contributed by atoms with E-state index in [-0.39, 0.29) is 11.8 Å². The number of amides is 2. The van der Waals surface area contributed by atoms with E-state index in [0.29, 0.717) is 56.9 Å². The van der Waals surface area contributed by atoms with Crippen LogP contribution in [0.3, 0.4) is 0 Å². The van der Waals surface area contributed by atoms with E-state index in [1.165, 1.54) is 14.2 Å². The highest BCUT2D eigenvalue weighted by Crippen LogP contribution is 2.29. The van der Waals surface area contributed by atoms with Gasteiger partial charge in [-0.25, -0.2) is 0 Å². The molecule has 0 aliphatic heterocycles. The Morgan fingerprint density at radius 1 is 0.595 bits per heavy atom. The van der Waals surface area contributed by atoms with Crippen LogP contribution in [0.5, 0.6) is 23.0 Å². The minimum Gasteiger partial charge on any atom is -0.494 e. The molecule has 4 rings (SSSR count). The van der Waals surface area contributed by atoms with Crippen LogP contribution >= 0.6 is 0 Å². The molecule has 0 saturated carbocycles. The van der Waals surface area contributed by atoms with E-state index in [1.54, 1.807) is 84.9 Å². The van der Waals surface area contributed by atoms with Gasteiger partial charge in [-0.05, 0) is 72.8 Å². The average molecular weight is 499 g/mol. The molecule has 0 heterocycles. The molecule has 0 fully saturated rings. The molecule has 0 aliphatic carbocycles. The lowest BCUT2D eigenvalue weighted by atomic mass is 10.1. The lowest BCUT2D eigenvalue weighted by molar-refractivity contribution is 0.101. The Morgan fingerprint density at radius 2 is 0.973 bits per heavy atom. The molecule has 0 radical (unpaired) electrons. The quantitative estimate of drug-likeness (QED) is 0.246. The topological polar surface area (TPSA) is 138 Å². The summed E-state index contributed by atoms with van der Waals surface area (Å²) in [5.74, 6) is 1.40. The highest BCUT2D eigenvalue weighted by atomic mass is 16.5. The van der Waals surface area contributed by atoms with E-state index in [1.807, 2.05) is 0 Å². The zero-order chi connectivity index (χ0) is 26.4. The first kappa shape index (κ1) is 24.9. The van der Waals surface area contributed by atoms with E-state index in [9.17, 15) is 9.59 Å². The number of carbonyl (C=O) groups excluding carboxylic acids is 2. The first-order valence-corrected chi connectivity index (χ1v) is 11.2. The van der Waals surface area contributed by atoms with Crippen molar-refractivity contribution in [3.63, 3.8) is 0 Å². The van der Waals surface area contributed by atoms with Crippen molar-refractivity contribution >= 4 is 34.6 Å². The highest BCUT2D eigenvalue weighted by Gasteiger charge is 2.12. The van der Waals surface area contributed by atoms with Gasteiger partial charge in [0, 0.05) is 34.6 Å². The molecular weight excluding hydrogens is 472 g/mol. The van der Waals surface area contributed by atoms with Crippen LogP contribution in [0.1, 0.15) is 20.7 Å². The van der Waals surface area contributed by atoms with Crippen LogP contribution in [0.4, 0.5) is 22.7 Å². The van der Waals surface area contributed by atoms with E-state index < -0.39 is 0 Å². The predicted octanol–water partition coefficient (Wildman–Crippen LogP) is 5.17. The van der Waals surface area contributed by atoms with Crippen LogP contribution in [0.15, 0.2) is 84.9 Å². The molecule has 0 aliphatic rings. The van der Waals surface area contributed by atoms with Crippen LogP contribution in [0.25, 0.3) is 0 Å². The molecule has 9 nitrogen and oxygen atoms in total. The predicted molar refractivity (Wildman–Crippen MR) is 144 cm³/mol. The third-order valence-corrected chi connectivity index (χ3v) is 5.42. The van der Waals surface area contributed by atoms with Crippen LogP contribution in [-0.2, 0) is 0 Å². The van der Waals surface area contributed by atoms with Crippen molar-refractivity contribution < 1.29 is 23.8 Å². The van der Waals surface area contributed by atoms with Gasteiger partial charge in [0.05, 0.1) is 25.6 Å². The van der Waals surface area contributed by atoms with Gasteiger partial charge in [-0.15, -0.1) is 0 Å². The number of nitrogen functional groups attached to an aromatic ring is 2. The van der Waals surface area contributed by atoms with Gasteiger partial charge in [-0.2, -0.15) is 0 Å². The van der Waals surface area contributed by atoms with Gasteiger partial charge in [-0.3, -0.25) is 9.59 Å². The molecule has 37 heavy (non-hydrogen) atoms. The monoisotopic (exact) mass is 498 g/mol. The van der Waals surface area contributed by atoms with E-state index in [0.717, 1.165) is 0 Å². The molecular formula is C28H26N4O5. The van der Waals surface area contributed by atoms with Crippen LogP contribution < -0.4 is 36.3 Å². The van der Waals surface area contributed by atoms with E-state index in [4.69, 9.17) is 25.7 Å². The molecule has 0 saturated heterocycles. The molecule has 0 bridgehead atoms. The Morgan fingerprint density at radius 3 is 1.32 bits per heavy atom. The smallest absolute Gasteiger partial charge is 0.255 e. The summed E-state index contributed by atoms with van der Waals surface area (Å²) in [6.45, 7) is 0. The number of anilines is 4. The average Bonchev–Trinajstić information content (AvgIpc) is 2.91. The van der Waals surface area contributed by atoms with Gasteiger partial charge in [-0.1, -0.05) is 0 Å². The molecule has 4 aromatic rings. The summed E-state index contributed by atoms with van der Waals surface area (Å²) in [4.78, 5) is 25.3. The van der Waals surface area contributed by atoms with Crippen LogP contribution in [0.2, 0.25) is 0 Å². The molecule has 9 heteroatoms. The zero-order valence-corrected chi connectivity index (χ0v) is 20.3. The summed E-state index contributed by atoms with van der Waals surface area (Å²) in [6.07, 6.45) is 0. The third kappa shape index (κ3) is 6.09. The van der Waals surface area contributed by atoms with Gasteiger partial charge in [0.15, 0.2) is 0 Å². The fraction of sp³-hybridized carbons (Fsp3) is 0.0714. The van der Waals surface area contributed by atoms with Crippen molar-refractivity contribution in [1.29, 1.82) is 0 Å². The number of ether oxygens (including phenoxy) is 3. The molecule has 0 aromatic heterocycles. The zero-order valence-electron chi connectivity index (χ0n) is 20.3. The fourth-order valence-corrected chi connectivity index (χ4v) is 3.50. The third-order valence-electron chi connectivity index (χ3n) is 5.42. The van der Waals surface area contributed by atoms with Crippen molar-refractivity contribution in [3.8, 4) is 23.0 Å². The maximum atomic E-state index is 12.6. The lowest BCUT2D eigenvalue weighted by Crippen LogP contribution is -2.12. The van der Waals surface area contributed by atoms with E-state index in [2.05, 4.69) is 10.6 Å². The maximum Gasteiger partial charge on any atom is 0.255 e. The molecule has 6 N–H and O–H groups in total. The number of carbonyl (C=O) groups is 2. The Bertz CT molecular complexity index is 1310. The van der Waals surface area contributed by atoms with Gasteiger partial charge in [0.1, 0.15) is 23.0 Å². The Kier molecular flexibility index (Phi) is 7.44. The SMILES string of the molecule is COc1cc(N)ccc1NC(=O)c1ccc(Oc2ccc(C(=O)Nc3ccc(N)cc3OC)cc2)cc1.